The molecule has 0 fully saturated rings. The Bertz CT molecular complexity index is 440. The Morgan fingerprint density at radius 3 is 2.78 bits per heavy atom. The van der Waals surface area contributed by atoms with Gasteiger partial charge in [-0.2, -0.15) is 0 Å². The molecule has 98 valence electrons. The molecule has 3 heteroatoms. The van der Waals surface area contributed by atoms with Gasteiger partial charge in [-0.05, 0) is 38.3 Å². The molecule has 1 aromatic rings. The average Bonchev–Trinajstić information content (AvgIpc) is 2.41. The molecule has 0 aliphatic heterocycles. The van der Waals surface area contributed by atoms with Crippen molar-refractivity contribution in [1.29, 1.82) is 0 Å². The lowest BCUT2D eigenvalue weighted by Gasteiger charge is -2.25. The Morgan fingerprint density at radius 2 is 2.11 bits per heavy atom. The molecule has 1 aliphatic rings. The molecule has 0 saturated carbocycles. The smallest absolute Gasteiger partial charge is 0.163 e. The number of hydrogen-bond acceptors (Lipinski definition) is 1. The van der Waals surface area contributed by atoms with Crippen molar-refractivity contribution in [1.82, 2.24) is 5.32 Å². The average molecular weight is 251 g/mol. The number of halogens is 2. The number of hydrogen-bond donors (Lipinski definition) is 1. The Balaban J connectivity index is 2.34. The predicted octanol–water partition coefficient (Wildman–Crippen LogP) is 4.12. The Morgan fingerprint density at radius 1 is 1.28 bits per heavy atom. The van der Waals surface area contributed by atoms with Crippen LogP contribution < -0.4 is 5.32 Å². The van der Waals surface area contributed by atoms with Crippen molar-refractivity contribution >= 4 is 0 Å². The van der Waals surface area contributed by atoms with Crippen molar-refractivity contribution in [3.8, 4) is 0 Å². The highest BCUT2D eigenvalue weighted by Crippen LogP contribution is 2.31. The number of benzene rings is 1. The number of likely N-dealkylation sites (N-methyl/N-ethyl adjacent to an activating group) is 1. The first-order valence-corrected chi connectivity index (χ1v) is 6.60. The Hall–Kier alpha value is -1.22. The summed E-state index contributed by atoms with van der Waals surface area (Å²) in [7, 11) is 0. The summed E-state index contributed by atoms with van der Waals surface area (Å²) in [4.78, 5) is 0. The first-order chi connectivity index (χ1) is 8.74. The molecule has 0 saturated heterocycles. The summed E-state index contributed by atoms with van der Waals surface area (Å²) >= 11 is 0. The maximum atomic E-state index is 13.9. The van der Waals surface area contributed by atoms with Crippen LogP contribution in [0, 0.1) is 11.6 Å². The van der Waals surface area contributed by atoms with Crippen LogP contribution >= 0.6 is 0 Å². The fourth-order valence-corrected chi connectivity index (χ4v) is 2.51. The van der Waals surface area contributed by atoms with Crippen molar-refractivity contribution < 1.29 is 8.78 Å². The maximum Gasteiger partial charge on any atom is 0.163 e. The molecule has 1 atom stereocenters. The van der Waals surface area contributed by atoms with Crippen molar-refractivity contribution in [2.24, 2.45) is 0 Å². The molecular weight excluding hydrogens is 232 g/mol. The molecule has 18 heavy (non-hydrogen) atoms. The molecule has 0 heterocycles. The molecule has 0 spiro atoms. The van der Waals surface area contributed by atoms with Gasteiger partial charge in [-0.1, -0.05) is 30.7 Å². The third kappa shape index (κ3) is 2.78. The second-order valence-electron chi connectivity index (χ2n) is 4.66. The fraction of sp³-hybridized carbons (Fsp3) is 0.467. The van der Waals surface area contributed by atoms with Crippen molar-refractivity contribution in [2.45, 2.75) is 38.6 Å². The van der Waals surface area contributed by atoms with Gasteiger partial charge in [0.25, 0.3) is 0 Å². The van der Waals surface area contributed by atoms with Crippen molar-refractivity contribution in [3.63, 3.8) is 0 Å². The Labute approximate surface area is 107 Å². The highest BCUT2D eigenvalue weighted by molar-refractivity contribution is 5.31. The van der Waals surface area contributed by atoms with Crippen LogP contribution in [0.5, 0.6) is 0 Å². The van der Waals surface area contributed by atoms with Crippen LogP contribution in [0.15, 0.2) is 29.8 Å². The van der Waals surface area contributed by atoms with Gasteiger partial charge in [-0.25, -0.2) is 8.78 Å². The summed E-state index contributed by atoms with van der Waals surface area (Å²) in [5.74, 6) is -1.50. The van der Waals surface area contributed by atoms with E-state index in [2.05, 4.69) is 11.4 Å². The number of allylic oxidation sites excluding steroid dienone is 1. The van der Waals surface area contributed by atoms with Crippen LogP contribution in [-0.2, 0) is 0 Å². The summed E-state index contributed by atoms with van der Waals surface area (Å²) < 4.78 is 27.2. The molecule has 1 aliphatic carbocycles. The SMILES string of the molecule is CCNC(C1=CCCCC1)c1cccc(F)c1F. The third-order valence-electron chi connectivity index (χ3n) is 3.40. The normalized spacial score (nSPS) is 17.4. The summed E-state index contributed by atoms with van der Waals surface area (Å²) in [6.07, 6.45) is 6.49. The molecule has 0 aromatic heterocycles. The van der Waals surface area contributed by atoms with Gasteiger partial charge in [0, 0.05) is 5.56 Å². The zero-order valence-corrected chi connectivity index (χ0v) is 10.7. The van der Waals surface area contributed by atoms with Crippen LogP contribution in [-0.4, -0.2) is 6.54 Å². The van der Waals surface area contributed by atoms with Crippen LogP contribution in [0.3, 0.4) is 0 Å². The topological polar surface area (TPSA) is 12.0 Å². The molecule has 1 unspecified atom stereocenters. The summed E-state index contributed by atoms with van der Waals surface area (Å²) in [6, 6.07) is 4.21. The summed E-state index contributed by atoms with van der Waals surface area (Å²) in [5, 5.41) is 3.26. The van der Waals surface area contributed by atoms with E-state index >= 15 is 0 Å². The van der Waals surface area contributed by atoms with Gasteiger partial charge >= 0.3 is 0 Å². The molecule has 1 aromatic carbocycles. The zero-order chi connectivity index (χ0) is 13.0. The first kappa shape index (κ1) is 13.2. The minimum absolute atomic E-state index is 0.189. The molecule has 1 nitrogen and oxygen atoms in total. The lowest BCUT2D eigenvalue weighted by molar-refractivity contribution is 0.474. The van der Waals surface area contributed by atoms with Gasteiger partial charge < -0.3 is 5.32 Å². The van der Waals surface area contributed by atoms with Gasteiger partial charge in [0.1, 0.15) is 0 Å². The summed E-state index contributed by atoms with van der Waals surface area (Å²) in [5.41, 5.74) is 1.61. The highest BCUT2D eigenvalue weighted by Gasteiger charge is 2.21. The second-order valence-corrected chi connectivity index (χ2v) is 4.66. The van der Waals surface area contributed by atoms with Gasteiger partial charge in [0.2, 0.25) is 0 Å². The first-order valence-electron chi connectivity index (χ1n) is 6.60. The predicted molar refractivity (Wildman–Crippen MR) is 69.3 cm³/mol. The van der Waals surface area contributed by atoms with E-state index in [-0.39, 0.29) is 6.04 Å². The molecule has 0 radical (unpaired) electrons. The van der Waals surface area contributed by atoms with Crippen molar-refractivity contribution in [3.05, 3.63) is 47.0 Å². The van der Waals surface area contributed by atoms with E-state index in [9.17, 15) is 8.78 Å². The van der Waals surface area contributed by atoms with E-state index in [0.29, 0.717) is 5.56 Å². The van der Waals surface area contributed by atoms with Gasteiger partial charge in [-0.3, -0.25) is 0 Å². The van der Waals surface area contributed by atoms with Crippen molar-refractivity contribution in [2.75, 3.05) is 6.54 Å². The molecule has 1 N–H and O–H groups in total. The molecule has 0 bridgehead atoms. The largest absolute Gasteiger partial charge is 0.307 e. The van der Waals surface area contributed by atoms with E-state index in [0.717, 1.165) is 31.9 Å². The number of rotatable bonds is 4. The van der Waals surface area contributed by atoms with Gasteiger partial charge in [0.15, 0.2) is 11.6 Å². The molecule has 2 rings (SSSR count). The quantitative estimate of drug-likeness (QED) is 0.794. The number of nitrogens with one attached hydrogen (secondary N) is 1. The Kier molecular flexibility index (Phi) is 4.48. The zero-order valence-electron chi connectivity index (χ0n) is 10.7. The van der Waals surface area contributed by atoms with E-state index in [4.69, 9.17) is 0 Å². The van der Waals surface area contributed by atoms with E-state index in [1.807, 2.05) is 6.92 Å². The maximum absolute atomic E-state index is 13.9. The van der Waals surface area contributed by atoms with Gasteiger partial charge in [0.05, 0.1) is 6.04 Å². The van der Waals surface area contributed by atoms with E-state index in [1.54, 1.807) is 12.1 Å². The minimum atomic E-state index is -0.771. The van der Waals surface area contributed by atoms with E-state index < -0.39 is 11.6 Å². The second kappa shape index (κ2) is 6.10. The molecular formula is C15H19F2N. The third-order valence-corrected chi connectivity index (χ3v) is 3.40. The van der Waals surface area contributed by atoms with Gasteiger partial charge in [-0.15, -0.1) is 0 Å². The van der Waals surface area contributed by atoms with Crippen LogP contribution in [0.1, 0.15) is 44.2 Å². The van der Waals surface area contributed by atoms with Crippen LogP contribution in [0.25, 0.3) is 0 Å². The lowest BCUT2D eigenvalue weighted by Crippen LogP contribution is -2.25. The van der Waals surface area contributed by atoms with Crippen LogP contribution in [0.4, 0.5) is 8.78 Å². The molecule has 0 amide bonds. The minimum Gasteiger partial charge on any atom is -0.307 e. The highest BCUT2D eigenvalue weighted by atomic mass is 19.2. The fourth-order valence-electron chi connectivity index (χ4n) is 2.51. The van der Waals surface area contributed by atoms with E-state index in [1.165, 1.54) is 12.0 Å². The van der Waals surface area contributed by atoms with Crippen LogP contribution in [0.2, 0.25) is 0 Å². The standard InChI is InChI=1S/C15H19F2N/c1-2-18-15(11-7-4-3-5-8-11)12-9-6-10-13(16)14(12)17/h6-7,9-10,15,18H,2-5,8H2,1H3. The monoisotopic (exact) mass is 251 g/mol. The lowest BCUT2D eigenvalue weighted by atomic mass is 9.89. The summed E-state index contributed by atoms with van der Waals surface area (Å²) in [6.45, 7) is 2.71.